The van der Waals surface area contributed by atoms with Gasteiger partial charge in [0.05, 0.1) is 11.4 Å². The maximum Gasteiger partial charge on any atom is 0.160 e. The normalized spacial score (nSPS) is 11.2. The minimum absolute atomic E-state index is 0.325. The molecule has 0 spiro atoms. The lowest BCUT2D eigenvalue weighted by Gasteiger charge is -2.12. The number of aromatic nitrogens is 4. The van der Waals surface area contributed by atoms with Crippen molar-refractivity contribution >= 4 is 37.7 Å². The summed E-state index contributed by atoms with van der Waals surface area (Å²) >= 11 is 3.54. The first-order chi connectivity index (χ1) is 13.7. The van der Waals surface area contributed by atoms with Crippen molar-refractivity contribution in [2.45, 2.75) is 0 Å². The second kappa shape index (κ2) is 6.73. The van der Waals surface area contributed by atoms with Crippen molar-refractivity contribution in [3.05, 3.63) is 83.6 Å². The maximum absolute atomic E-state index is 14.4. The van der Waals surface area contributed by atoms with Gasteiger partial charge in [-0.05, 0) is 52.3 Å². The third kappa shape index (κ3) is 2.73. The lowest BCUT2D eigenvalue weighted by atomic mass is 10.00. The van der Waals surface area contributed by atoms with Gasteiger partial charge in [0.15, 0.2) is 5.65 Å². The highest BCUT2D eigenvalue weighted by atomic mass is 79.9. The summed E-state index contributed by atoms with van der Waals surface area (Å²) in [6.07, 6.45) is 6.97. The van der Waals surface area contributed by atoms with E-state index in [1.807, 2.05) is 24.3 Å². The predicted molar refractivity (Wildman–Crippen MR) is 111 cm³/mol. The molecule has 1 aromatic carbocycles. The first-order valence-corrected chi connectivity index (χ1v) is 9.41. The molecule has 5 aromatic rings. The quantitative estimate of drug-likeness (QED) is 0.354. The summed E-state index contributed by atoms with van der Waals surface area (Å²) in [6.45, 7) is 0. The average molecular weight is 431 g/mol. The Morgan fingerprint density at radius 1 is 0.786 bits per heavy atom. The van der Waals surface area contributed by atoms with Gasteiger partial charge in [-0.25, -0.2) is 14.4 Å². The van der Waals surface area contributed by atoms with Crippen LogP contribution in [0.15, 0.2) is 77.8 Å². The van der Waals surface area contributed by atoms with Crippen molar-refractivity contribution in [1.82, 2.24) is 19.9 Å². The molecule has 0 aliphatic carbocycles. The molecule has 4 nitrogen and oxygen atoms in total. The van der Waals surface area contributed by atoms with E-state index in [0.29, 0.717) is 16.9 Å². The second-order valence-electron chi connectivity index (χ2n) is 6.29. The molecule has 0 fully saturated rings. The molecule has 0 amide bonds. The van der Waals surface area contributed by atoms with Gasteiger partial charge in [-0.2, -0.15) is 0 Å². The highest BCUT2D eigenvalue weighted by Crippen LogP contribution is 2.36. The third-order valence-corrected chi connectivity index (χ3v) is 5.26. The van der Waals surface area contributed by atoms with Gasteiger partial charge in [0, 0.05) is 56.5 Å². The summed E-state index contributed by atoms with van der Waals surface area (Å²) in [4.78, 5) is 17.9. The Kier molecular flexibility index (Phi) is 4.06. The fourth-order valence-corrected chi connectivity index (χ4v) is 3.74. The summed E-state index contributed by atoms with van der Waals surface area (Å²) in [5.41, 5.74) is 3.12. The van der Waals surface area contributed by atoms with Crippen LogP contribution in [-0.4, -0.2) is 19.9 Å². The van der Waals surface area contributed by atoms with Crippen LogP contribution in [0.4, 0.5) is 4.39 Å². The molecule has 4 aromatic heterocycles. The Hall–Kier alpha value is -3.25. The Bertz CT molecular complexity index is 1350. The van der Waals surface area contributed by atoms with Gasteiger partial charge in [0.1, 0.15) is 5.82 Å². The van der Waals surface area contributed by atoms with E-state index in [-0.39, 0.29) is 5.82 Å². The monoisotopic (exact) mass is 430 g/mol. The first kappa shape index (κ1) is 16.9. The highest BCUT2D eigenvalue weighted by molar-refractivity contribution is 9.10. The molecule has 0 N–H and O–H groups in total. The van der Waals surface area contributed by atoms with Crippen molar-refractivity contribution < 1.29 is 4.39 Å². The molecule has 134 valence electrons. The van der Waals surface area contributed by atoms with E-state index >= 15 is 0 Å². The Labute approximate surface area is 168 Å². The number of pyridine rings is 4. The SMILES string of the molecule is Fc1ccccc1-c1cc(-c2ncc(Br)c3cnccc23)c2cccnc2n1. The maximum atomic E-state index is 14.4. The largest absolute Gasteiger partial charge is 0.264 e. The summed E-state index contributed by atoms with van der Waals surface area (Å²) in [6, 6.07) is 14.2. The molecule has 5 rings (SSSR count). The molecule has 0 bridgehead atoms. The lowest BCUT2D eigenvalue weighted by molar-refractivity contribution is 0.631. The van der Waals surface area contributed by atoms with E-state index in [2.05, 4.69) is 35.9 Å². The summed E-state index contributed by atoms with van der Waals surface area (Å²) < 4.78 is 15.3. The zero-order valence-electron chi connectivity index (χ0n) is 14.5. The molecule has 6 heteroatoms. The number of fused-ring (bicyclic) bond motifs is 2. The summed E-state index contributed by atoms with van der Waals surface area (Å²) in [5, 5.41) is 2.75. The molecule has 28 heavy (non-hydrogen) atoms. The van der Waals surface area contributed by atoms with Gasteiger partial charge in [-0.3, -0.25) is 9.97 Å². The molecule has 0 atom stereocenters. The Balaban J connectivity index is 1.88. The number of hydrogen-bond acceptors (Lipinski definition) is 4. The molecule has 0 saturated heterocycles. The molecule has 0 aliphatic heterocycles. The number of halogens is 2. The molecule has 0 unspecified atom stereocenters. The molecule has 0 aliphatic rings. The molecular weight excluding hydrogens is 419 g/mol. The van der Waals surface area contributed by atoms with E-state index < -0.39 is 0 Å². The summed E-state index contributed by atoms with van der Waals surface area (Å²) in [7, 11) is 0. The fraction of sp³-hybridized carbons (Fsp3) is 0. The van der Waals surface area contributed by atoms with Crippen LogP contribution in [0, 0.1) is 5.82 Å². The summed E-state index contributed by atoms with van der Waals surface area (Å²) in [5.74, 6) is -0.325. The number of hydrogen-bond donors (Lipinski definition) is 0. The van der Waals surface area contributed by atoms with E-state index in [0.717, 1.165) is 31.9 Å². The zero-order valence-corrected chi connectivity index (χ0v) is 16.1. The van der Waals surface area contributed by atoms with Gasteiger partial charge >= 0.3 is 0 Å². The minimum atomic E-state index is -0.325. The topological polar surface area (TPSA) is 51.6 Å². The van der Waals surface area contributed by atoms with Crippen LogP contribution in [0.3, 0.4) is 0 Å². The van der Waals surface area contributed by atoms with Crippen molar-refractivity contribution in [3.63, 3.8) is 0 Å². The van der Waals surface area contributed by atoms with Crippen LogP contribution in [0.2, 0.25) is 0 Å². The number of rotatable bonds is 2. The van der Waals surface area contributed by atoms with Crippen LogP contribution < -0.4 is 0 Å². The minimum Gasteiger partial charge on any atom is -0.264 e. The first-order valence-electron chi connectivity index (χ1n) is 8.61. The molecule has 4 heterocycles. The van der Waals surface area contributed by atoms with Gasteiger partial charge < -0.3 is 0 Å². The fourth-order valence-electron chi connectivity index (χ4n) is 3.33. The molecular formula is C22H12BrFN4. The molecule has 0 saturated carbocycles. The Morgan fingerprint density at radius 3 is 2.57 bits per heavy atom. The smallest absolute Gasteiger partial charge is 0.160 e. The van der Waals surface area contributed by atoms with E-state index in [9.17, 15) is 4.39 Å². The van der Waals surface area contributed by atoms with Crippen molar-refractivity contribution in [3.8, 4) is 22.5 Å². The van der Waals surface area contributed by atoms with Gasteiger partial charge in [-0.1, -0.05) is 12.1 Å². The number of nitrogens with zero attached hydrogens (tertiary/aromatic N) is 4. The van der Waals surface area contributed by atoms with Gasteiger partial charge in [0.2, 0.25) is 0 Å². The van der Waals surface area contributed by atoms with Crippen molar-refractivity contribution in [2.75, 3.05) is 0 Å². The number of benzene rings is 1. The van der Waals surface area contributed by atoms with Crippen LogP contribution in [0.5, 0.6) is 0 Å². The standard InChI is InChI=1S/C22H12BrFN4/c23-18-12-27-21(13-7-9-25-11-17(13)18)16-10-20(15-4-1-2-6-19(15)24)28-22-14(16)5-3-8-26-22/h1-12H. The van der Waals surface area contributed by atoms with Crippen LogP contribution in [-0.2, 0) is 0 Å². The lowest BCUT2D eigenvalue weighted by Crippen LogP contribution is -1.95. The van der Waals surface area contributed by atoms with Crippen LogP contribution in [0.1, 0.15) is 0 Å². The highest BCUT2D eigenvalue weighted by Gasteiger charge is 2.16. The van der Waals surface area contributed by atoms with E-state index in [1.165, 1.54) is 6.07 Å². The zero-order chi connectivity index (χ0) is 19.1. The van der Waals surface area contributed by atoms with Crippen molar-refractivity contribution in [1.29, 1.82) is 0 Å². The van der Waals surface area contributed by atoms with Gasteiger partial charge in [0.25, 0.3) is 0 Å². The van der Waals surface area contributed by atoms with Crippen LogP contribution in [0.25, 0.3) is 44.3 Å². The average Bonchev–Trinajstić information content (AvgIpc) is 2.74. The van der Waals surface area contributed by atoms with E-state index in [1.54, 1.807) is 43.0 Å². The third-order valence-electron chi connectivity index (χ3n) is 4.63. The van der Waals surface area contributed by atoms with Gasteiger partial charge in [-0.15, -0.1) is 0 Å². The Morgan fingerprint density at radius 2 is 1.68 bits per heavy atom. The second-order valence-corrected chi connectivity index (χ2v) is 7.14. The van der Waals surface area contributed by atoms with E-state index in [4.69, 9.17) is 0 Å². The van der Waals surface area contributed by atoms with Crippen LogP contribution >= 0.6 is 15.9 Å². The van der Waals surface area contributed by atoms with Crippen molar-refractivity contribution in [2.24, 2.45) is 0 Å². The molecule has 0 radical (unpaired) electrons. The predicted octanol–water partition coefficient (Wildman–Crippen LogP) is 5.81.